The molecule has 0 bridgehead atoms. The molecule has 0 fully saturated rings. The first kappa shape index (κ1) is 51.8. The van der Waals surface area contributed by atoms with E-state index >= 15 is 0 Å². The summed E-state index contributed by atoms with van der Waals surface area (Å²) in [6, 6.07) is 94.7. The van der Waals surface area contributed by atoms with Crippen molar-refractivity contribution in [2.75, 3.05) is 0 Å². The van der Waals surface area contributed by atoms with Crippen LogP contribution in [0.25, 0.3) is 201 Å². The van der Waals surface area contributed by atoms with Crippen LogP contribution in [0.4, 0.5) is 0 Å². The lowest BCUT2D eigenvalue weighted by atomic mass is 10.0. The molecular formula is C101H65N11. The van der Waals surface area contributed by atoms with Crippen LogP contribution in [0.15, 0.2) is 394 Å². The van der Waals surface area contributed by atoms with Crippen molar-refractivity contribution in [3.63, 3.8) is 0 Å². The first-order valence-corrected chi connectivity index (χ1v) is 36.5. The Balaban J connectivity index is 0.000000155. The molecule has 524 valence electrons. The zero-order valence-electron chi connectivity index (χ0n) is 73.4. The monoisotopic (exact) mass is 1450 g/mol. The summed E-state index contributed by atoms with van der Waals surface area (Å²) < 4.78 is 131. The Morgan fingerprint density at radius 2 is 0.473 bits per heavy atom. The maximum absolute atomic E-state index is 9.72. The van der Waals surface area contributed by atoms with E-state index in [2.05, 4.69) is 132 Å². The average Bonchev–Trinajstić information content (AvgIpc) is 1.54. The quantitative estimate of drug-likeness (QED) is 0.120. The molecule has 22 rings (SSSR count). The average molecular weight is 1450 g/mol. The highest BCUT2D eigenvalue weighted by Crippen LogP contribution is 2.43. The zero-order valence-corrected chi connectivity index (χ0v) is 59.4. The van der Waals surface area contributed by atoms with Gasteiger partial charge in [0, 0.05) is 88.0 Å². The Bertz CT molecular complexity index is 7960. The SMILES string of the molecule is [2H]c1c([2H])c(-n2c3ccccc3c3cc4c(cc32)c2ccccc2n4-c2ccccc2)c([2H])c([2H])c1-c1nc(-c2ccc(-c3ccccc3)cc2)nc(-c2ccc(-c3ccccc3)cc2)n1.[2H]c1c([2H])c([2H])c(-c2nc(-c3ccc(-n4c5ccccc5c5cc6c(cc54)c4ccccc4n6-c4ccccc4)cn3)nc(-c3c([2H])c([2H])c([2H])c([2H])c3[2H])n2)c([2H])c1[2H]. The maximum atomic E-state index is 9.72. The summed E-state index contributed by atoms with van der Waals surface area (Å²) in [5.74, 6) is -0.0719. The molecule has 0 saturated heterocycles. The van der Waals surface area contributed by atoms with Gasteiger partial charge in [-0.1, -0.05) is 279 Å². The fourth-order valence-electron chi connectivity index (χ4n) is 15.3. The molecule has 0 aliphatic carbocycles. The Morgan fingerprint density at radius 1 is 0.188 bits per heavy atom. The Hall–Kier alpha value is -15.3. The number of benzene rings is 15. The molecule has 0 amide bonds. The molecule has 15 aromatic carbocycles. The van der Waals surface area contributed by atoms with Gasteiger partial charge in [-0.25, -0.2) is 29.9 Å². The van der Waals surface area contributed by atoms with Crippen LogP contribution in [-0.4, -0.2) is 53.2 Å². The van der Waals surface area contributed by atoms with Crippen molar-refractivity contribution in [1.29, 1.82) is 0 Å². The highest BCUT2D eigenvalue weighted by atomic mass is 15.1. The summed E-state index contributed by atoms with van der Waals surface area (Å²) in [6.45, 7) is 0. The largest absolute Gasteiger partial charge is 0.309 e. The van der Waals surface area contributed by atoms with Gasteiger partial charge >= 0.3 is 0 Å². The molecule has 22 aromatic rings. The molecule has 0 unspecified atom stereocenters. The highest BCUT2D eigenvalue weighted by molar-refractivity contribution is 6.21. The van der Waals surface area contributed by atoms with Crippen LogP contribution in [0.2, 0.25) is 0 Å². The summed E-state index contributed by atoms with van der Waals surface area (Å²) >= 11 is 0. The molecule has 112 heavy (non-hydrogen) atoms. The van der Waals surface area contributed by atoms with Crippen LogP contribution in [0, 0.1) is 0 Å². The minimum absolute atomic E-state index is 0.00505. The van der Waals surface area contributed by atoms with E-state index in [4.69, 9.17) is 33.6 Å². The van der Waals surface area contributed by atoms with Gasteiger partial charge in [0.1, 0.15) is 5.69 Å². The molecule has 0 saturated carbocycles. The predicted octanol–water partition coefficient (Wildman–Crippen LogP) is 24.9. The fourth-order valence-corrected chi connectivity index (χ4v) is 15.3. The third kappa shape index (κ3) is 11.5. The minimum atomic E-state index is -0.618. The molecular weight excluding hydrogens is 1370 g/mol. The van der Waals surface area contributed by atoms with E-state index < -0.39 is 60.4 Å². The lowest BCUT2D eigenvalue weighted by molar-refractivity contribution is 1.05. The fraction of sp³-hybridized carbons (Fsp3) is 0. The van der Waals surface area contributed by atoms with Gasteiger partial charge in [0.05, 0.1) is 75.2 Å². The number of hydrogen-bond acceptors (Lipinski definition) is 7. The first-order valence-electron chi connectivity index (χ1n) is 43.5. The molecule has 7 aromatic heterocycles. The van der Waals surface area contributed by atoms with E-state index in [0.717, 1.165) is 132 Å². The van der Waals surface area contributed by atoms with E-state index in [1.807, 2.05) is 199 Å². The van der Waals surface area contributed by atoms with Crippen LogP contribution < -0.4 is 0 Å². The summed E-state index contributed by atoms with van der Waals surface area (Å²) in [6.07, 6.45) is 1.65. The topological polar surface area (TPSA) is 110 Å². The Labute approximate surface area is 664 Å². The predicted molar refractivity (Wildman–Crippen MR) is 458 cm³/mol. The van der Waals surface area contributed by atoms with Crippen LogP contribution in [-0.2, 0) is 0 Å². The molecule has 0 radical (unpaired) electrons. The van der Waals surface area contributed by atoms with Crippen LogP contribution >= 0.6 is 0 Å². The van der Waals surface area contributed by atoms with Crippen LogP contribution in [0.1, 0.15) is 19.2 Å². The number of hydrogen-bond donors (Lipinski definition) is 0. The van der Waals surface area contributed by atoms with Gasteiger partial charge in [-0.2, -0.15) is 0 Å². The Morgan fingerprint density at radius 3 is 0.830 bits per heavy atom. The minimum Gasteiger partial charge on any atom is -0.309 e. The number of aromatic nitrogens is 11. The van der Waals surface area contributed by atoms with Gasteiger partial charge in [0.25, 0.3) is 0 Å². The van der Waals surface area contributed by atoms with Gasteiger partial charge in [-0.15, -0.1) is 0 Å². The van der Waals surface area contributed by atoms with Gasteiger partial charge in [-0.3, -0.25) is 4.98 Å². The van der Waals surface area contributed by atoms with Gasteiger partial charge in [-0.05, 0) is 131 Å². The van der Waals surface area contributed by atoms with Gasteiger partial charge < -0.3 is 18.3 Å². The van der Waals surface area contributed by atoms with Crippen molar-refractivity contribution in [1.82, 2.24) is 53.2 Å². The second-order valence-corrected chi connectivity index (χ2v) is 27.0. The standard InChI is InChI=1S/C57H37N5.C44H28N6/c1-4-14-38(15-5-1)40-24-28-42(29-25-40)55-58-56(43-30-26-41(27-31-43)39-16-6-2-7-17-39)60-57(59-55)44-32-34-46(35-33-44)62-52-23-13-11-21-48(52)50-36-53-49(37-54(50)62)47-20-10-12-22-51(47)61(53)45-18-8-3-9-19-45;1-4-14-29(15-5-1)42-46-43(30-16-6-2-7-17-30)48-44(47-42)37-25-24-32(28-45-37)50-39-23-13-11-21-34(39)36-26-40-35(27-41(36)50)33-20-10-12-22-38(33)49(40)31-18-8-3-9-19-31/h1-37H;1-28H/i32D,33D,34D,35D;1D,2D,4D,5D,6D,7D,14D,15D,16D,17D. The van der Waals surface area contributed by atoms with Crippen molar-refractivity contribution in [3.05, 3.63) is 394 Å². The summed E-state index contributed by atoms with van der Waals surface area (Å²) in [5, 5.41) is 8.18. The van der Waals surface area contributed by atoms with Crippen molar-refractivity contribution < 1.29 is 19.2 Å². The second-order valence-electron chi connectivity index (χ2n) is 27.0. The molecule has 0 atom stereocenters. The van der Waals surface area contributed by atoms with Gasteiger partial charge in [0.2, 0.25) is 0 Å². The summed E-state index contributed by atoms with van der Waals surface area (Å²) in [5.41, 5.74) is 15.8. The van der Waals surface area contributed by atoms with E-state index in [9.17, 15) is 5.48 Å². The lowest BCUT2D eigenvalue weighted by Gasteiger charge is -2.11. The molecule has 11 heteroatoms. The number of pyridine rings is 1. The van der Waals surface area contributed by atoms with E-state index in [0.29, 0.717) is 17.3 Å². The molecule has 11 nitrogen and oxygen atoms in total. The normalized spacial score (nSPS) is 13.3. The first-order chi connectivity index (χ1) is 61.3. The van der Waals surface area contributed by atoms with E-state index in [-0.39, 0.29) is 75.5 Å². The van der Waals surface area contributed by atoms with Crippen molar-refractivity contribution >= 4 is 87.2 Å². The van der Waals surface area contributed by atoms with Gasteiger partial charge in [0.15, 0.2) is 34.9 Å². The summed E-state index contributed by atoms with van der Waals surface area (Å²) in [7, 11) is 0. The van der Waals surface area contributed by atoms with Crippen molar-refractivity contribution in [3.8, 4) is 113 Å². The molecule has 0 aliphatic rings. The summed E-state index contributed by atoms with van der Waals surface area (Å²) in [4.78, 5) is 33.0. The van der Waals surface area contributed by atoms with Crippen molar-refractivity contribution in [2.45, 2.75) is 0 Å². The third-order valence-corrected chi connectivity index (χ3v) is 20.5. The number of para-hydroxylation sites is 6. The van der Waals surface area contributed by atoms with E-state index in [1.54, 1.807) is 12.3 Å². The Kier molecular flexibility index (Phi) is 12.7. The zero-order chi connectivity index (χ0) is 86.2. The van der Waals surface area contributed by atoms with Crippen LogP contribution in [0.3, 0.4) is 0 Å². The molecule has 0 spiro atoms. The molecule has 0 N–H and O–H groups in total. The molecule has 0 aliphatic heterocycles. The lowest BCUT2D eigenvalue weighted by Crippen LogP contribution is -2.02. The maximum Gasteiger partial charge on any atom is 0.182 e. The number of fused-ring (bicyclic) bond motifs is 12. The second kappa shape index (κ2) is 27.5. The molecule has 7 heterocycles. The van der Waals surface area contributed by atoms with Crippen LogP contribution in [0.5, 0.6) is 0 Å². The smallest absolute Gasteiger partial charge is 0.182 e. The third-order valence-electron chi connectivity index (χ3n) is 20.5. The highest BCUT2D eigenvalue weighted by Gasteiger charge is 2.23. The van der Waals surface area contributed by atoms with Crippen molar-refractivity contribution in [2.24, 2.45) is 0 Å². The van der Waals surface area contributed by atoms with E-state index in [1.165, 1.54) is 0 Å². The number of nitrogens with zero attached hydrogens (tertiary/aromatic N) is 11. The number of rotatable bonds is 12.